The number of methoxy groups -OCH3 is 1. The Hall–Kier alpha value is -2.04. The molecule has 0 spiro atoms. The molecule has 0 aliphatic carbocycles. The van der Waals surface area contributed by atoms with E-state index in [9.17, 15) is 0 Å². The van der Waals surface area contributed by atoms with Gasteiger partial charge in [-0.15, -0.1) is 11.3 Å². The lowest BCUT2D eigenvalue weighted by molar-refractivity contribution is 0.415. The van der Waals surface area contributed by atoms with Crippen molar-refractivity contribution in [2.24, 2.45) is 4.99 Å². The zero-order chi connectivity index (χ0) is 17.6. The Bertz CT molecular complexity index is 900. The number of ether oxygens (including phenoxy) is 1. The lowest BCUT2D eigenvalue weighted by Gasteiger charge is -2.10. The second-order valence-corrected chi connectivity index (χ2v) is 6.95. The van der Waals surface area contributed by atoms with Crippen LogP contribution in [0.3, 0.4) is 0 Å². The van der Waals surface area contributed by atoms with Gasteiger partial charge in [0, 0.05) is 17.5 Å². The van der Waals surface area contributed by atoms with Gasteiger partial charge in [-0.05, 0) is 36.8 Å². The number of thiazole rings is 1. The Morgan fingerprint density at radius 1 is 1.16 bits per heavy atom. The quantitative estimate of drug-likeness (QED) is 0.528. The number of nitrogens with zero attached hydrogens (tertiary/aromatic N) is 2. The zero-order valence-corrected chi connectivity index (χ0v) is 16.0. The van der Waals surface area contributed by atoms with E-state index in [1.54, 1.807) is 18.4 Å². The van der Waals surface area contributed by atoms with Crippen LogP contribution < -0.4 is 9.54 Å². The van der Waals surface area contributed by atoms with Crippen LogP contribution in [-0.2, 0) is 6.54 Å². The van der Waals surface area contributed by atoms with Crippen LogP contribution in [0.5, 0.6) is 5.75 Å². The number of hydrogen-bond donors (Lipinski definition) is 0. The Morgan fingerprint density at radius 2 is 1.96 bits per heavy atom. The topological polar surface area (TPSA) is 26.5 Å². The number of halogens is 1. The first-order valence-electron chi connectivity index (χ1n) is 8.35. The Kier molecular flexibility index (Phi) is 5.95. The number of benzene rings is 2. The van der Waals surface area contributed by atoms with Crippen LogP contribution in [0, 0.1) is 0 Å². The van der Waals surface area contributed by atoms with Crippen LogP contribution in [0.15, 0.2) is 58.9 Å². The number of para-hydroxylation sites is 1. The molecule has 0 radical (unpaired) electrons. The van der Waals surface area contributed by atoms with E-state index in [2.05, 4.69) is 16.9 Å². The van der Waals surface area contributed by atoms with E-state index in [-0.39, 0.29) is 0 Å². The lowest BCUT2D eigenvalue weighted by Crippen LogP contribution is -2.15. The van der Waals surface area contributed by atoms with Gasteiger partial charge in [0.05, 0.1) is 23.5 Å². The SMILES string of the molecule is CCCCn1c(-c2ccc(OC)c(Cl)c2)csc1=Nc1ccccc1. The van der Waals surface area contributed by atoms with Crippen LogP contribution >= 0.6 is 22.9 Å². The maximum absolute atomic E-state index is 6.32. The summed E-state index contributed by atoms with van der Waals surface area (Å²) in [5, 5.41) is 2.77. The van der Waals surface area contributed by atoms with Gasteiger partial charge in [-0.25, -0.2) is 4.99 Å². The van der Waals surface area contributed by atoms with E-state index in [0.717, 1.165) is 41.1 Å². The minimum Gasteiger partial charge on any atom is -0.495 e. The molecule has 130 valence electrons. The van der Waals surface area contributed by atoms with Gasteiger partial charge in [-0.1, -0.05) is 43.1 Å². The van der Waals surface area contributed by atoms with Crippen LogP contribution in [-0.4, -0.2) is 11.7 Å². The molecule has 3 nitrogen and oxygen atoms in total. The number of rotatable bonds is 6. The first kappa shape index (κ1) is 17.8. The molecular weight excluding hydrogens is 352 g/mol. The van der Waals surface area contributed by atoms with Gasteiger partial charge in [0.2, 0.25) is 0 Å². The summed E-state index contributed by atoms with van der Waals surface area (Å²) in [7, 11) is 1.63. The minimum atomic E-state index is 0.620. The standard InChI is InChI=1S/C20H21ClN2OS/c1-3-4-12-23-18(15-10-11-19(24-2)17(21)13-15)14-25-20(23)22-16-8-6-5-7-9-16/h5-11,13-14H,3-4,12H2,1-2H3. The Morgan fingerprint density at radius 3 is 2.64 bits per heavy atom. The molecule has 3 rings (SSSR count). The van der Waals surface area contributed by atoms with Crippen molar-refractivity contribution in [2.75, 3.05) is 7.11 Å². The van der Waals surface area contributed by atoms with Crippen LogP contribution in [0.1, 0.15) is 19.8 Å². The maximum atomic E-state index is 6.32. The van der Waals surface area contributed by atoms with E-state index in [1.165, 1.54) is 0 Å². The summed E-state index contributed by atoms with van der Waals surface area (Å²) in [6.07, 6.45) is 2.24. The van der Waals surface area contributed by atoms with Crippen LogP contribution in [0.4, 0.5) is 5.69 Å². The number of aromatic nitrogens is 1. The average Bonchev–Trinajstić information content (AvgIpc) is 3.03. The minimum absolute atomic E-state index is 0.620. The van der Waals surface area contributed by atoms with Crippen molar-refractivity contribution in [3.8, 4) is 17.0 Å². The molecule has 1 aromatic heterocycles. The van der Waals surface area contributed by atoms with E-state index in [1.807, 2.05) is 48.5 Å². The molecule has 0 atom stereocenters. The van der Waals surface area contributed by atoms with E-state index >= 15 is 0 Å². The van der Waals surface area contributed by atoms with Crippen molar-refractivity contribution in [1.82, 2.24) is 4.57 Å². The van der Waals surface area contributed by atoms with Crippen molar-refractivity contribution < 1.29 is 4.74 Å². The molecule has 1 heterocycles. The van der Waals surface area contributed by atoms with Crippen molar-refractivity contribution in [2.45, 2.75) is 26.3 Å². The fraction of sp³-hybridized carbons (Fsp3) is 0.250. The summed E-state index contributed by atoms with van der Waals surface area (Å²) in [5.41, 5.74) is 3.18. The molecule has 3 aromatic rings. The van der Waals surface area contributed by atoms with Crippen molar-refractivity contribution in [3.05, 3.63) is 63.7 Å². The largest absolute Gasteiger partial charge is 0.495 e. The molecule has 0 N–H and O–H groups in total. The highest BCUT2D eigenvalue weighted by Gasteiger charge is 2.10. The van der Waals surface area contributed by atoms with Gasteiger partial charge in [0.1, 0.15) is 5.75 Å². The molecule has 0 saturated heterocycles. The normalized spacial score (nSPS) is 11.7. The van der Waals surface area contributed by atoms with E-state index in [0.29, 0.717) is 10.8 Å². The molecule has 0 saturated carbocycles. The zero-order valence-electron chi connectivity index (χ0n) is 14.4. The summed E-state index contributed by atoms with van der Waals surface area (Å²) in [6, 6.07) is 16.0. The number of unbranched alkanes of at least 4 members (excludes halogenated alkanes) is 1. The van der Waals surface area contributed by atoms with Crippen LogP contribution in [0.25, 0.3) is 11.3 Å². The van der Waals surface area contributed by atoms with Gasteiger partial charge in [-0.2, -0.15) is 0 Å². The van der Waals surface area contributed by atoms with Gasteiger partial charge in [-0.3, -0.25) is 0 Å². The van der Waals surface area contributed by atoms with Gasteiger partial charge >= 0.3 is 0 Å². The third-order valence-corrected chi connectivity index (χ3v) is 5.12. The third-order valence-electron chi connectivity index (χ3n) is 3.96. The van der Waals surface area contributed by atoms with Crippen molar-refractivity contribution in [1.29, 1.82) is 0 Å². The summed E-state index contributed by atoms with van der Waals surface area (Å²) in [4.78, 5) is 5.82. The monoisotopic (exact) mass is 372 g/mol. The Labute approximate surface area is 157 Å². The van der Waals surface area contributed by atoms with Gasteiger partial charge in [0.25, 0.3) is 0 Å². The summed E-state index contributed by atoms with van der Waals surface area (Å²) >= 11 is 7.97. The molecule has 0 aliphatic heterocycles. The first-order chi connectivity index (χ1) is 12.2. The second-order valence-electron chi connectivity index (χ2n) is 5.71. The smallest absolute Gasteiger partial charge is 0.190 e. The fourth-order valence-electron chi connectivity index (χ4n) is 2.62. The molecule has 2 aromatic carbocycles. The molecule has 0 bridgehead atoms. The van der Waals surface area contributed by atoms with Gasteiger partial charge in [0.15, 0.2) is 4.80 Å². The molecule has 5 heteroatoms. The van der Waals surface area contributed by atoms with Crippen molar-refractivity contribution in [3.63, 3.8) is 0 Å². The molecule has 0 aliphatic rings. The highest BCUT2D eigenvalue weighted by molar-refractivity contribution is 7.07. The van der Waals surface area contributed by atoms with E-state index < -0.39 is 0 Å². The van der Waals surface area contributed by atoms with E-state index in [4.69, 9.17) is 21.3 Å². The van der Waals surface area contributed by atoms with Gasteiger partial charge < -0.3 is 9.30 Å². The van der Waals surface area contributed by atoms with Crippen molar-refractivity contribution >= 4 is 28.6 Å². The predicted octanol–water partition coefficient (Wildman–Crippen LogP) is 5.91. The number of hydrogen-bond acceptors (Lipinski definition) is 3. The third kappa shape index (κ3) is 4.14. The molecular formula is C20H21ClN2OS. The lowest BCUT2D eigenvalue weighted by atomic mass is 10.1. The maximum Gasteiger partial charge on any atom is 0.190 e. The first-order valence-corrected chi connectivity index (χ1v) is 9.60. The van der Waals surface area contributed by atoms with Crippen LogP contribution in [0.2, 0.25) is 5.02 Å². The fourth-order valence-corrected chi connectivity index (χ4v) is 3.83. The summed E-state index contributed by atoms with van der Waals surface area (Å²) in [6.45, 7) is 3.13. The predicted molar refractivity (Wildman–Crippen MR) is 106 cm³/mol. The Balaban J connectivity index is 2.08. The summed E-state index contributed by atoms with van der Waals surface area (Å²) < 4.78 is 7.54. The highest BCUT2D eigenvalue weighted by Crippen LogP contribution is 2.30. The highest BCUT2D eigenvalue weighted by atomic mass is 35.5. The summed E-state index contributed by atoms with van der Waals surface area (Å²) in [5.74, 6) is 0.690. The second kappa shape index (κ2) is 8.37. The molecule has 0 unspecified atom stereocenters. The average molecular weight is 373 g/mol. The molecule has 25 heavy (non-hydrogen) atoms. The molecule has 0 fully saturated rings. The molecule has 0 amide bonds.